The third-order valence-electron chi connectivity index (χ3n) is 4.49. The van der Waals surface area contributed by atoms with Crippen LogP contribution in [0.1, 0.15) is 22.7 Å². The van der Waals surface area contributed by atoms with Gasteiger partial charge < -0.3 is 14.8 Å². The molecule has 1 N–H and O–H groups in total. The number of amides is 1. The number of rotatable bonds is 7. The summed E-state index contributed by atoms with van der Waals surface area (Å²) in [5, 5.41) is 2.98. The van der Waals surface area contributed by atoms with Crippen molar-refractivity contribution in [2.75, 3.05) is 14.2 Å². The van der Waals surface area contributed by atoms with Gasteiger partial charge in [-0.1, -0.05) is 42.5 Å². The van der Waals surface area contributed by atoms with Gasteiger partial charge in [-0.15, -0.1) is 0 Å². The van der Waals surface area contributed by atoms with E-state index in [4.69, 9.17) is 9.47 Å². The van der Waals surface area contributed by atoms with Crippen molar-refractivity contribution in [2.24, 2.45) is 0 Å². The fourth-order valence-electron chi connectivity index (χ4n) is 2.97. The van der Waals surface area contributed by atoms with E-state index in [2.05, 4.69) is 5.32 Å². The Morgan fingerprint density at radius 3 is 2.14 bits per heavy atom. The lowest BCUT2D eigenvalue weighted by Gasteiger charge is -2.19. The van der Waals surface area contributed by atoms with E-state index in [0.29, 0.717) is 11.5 Å². The summed E-state index contributed by atoms with van der Waals surface area (Å²) < 4.78 is 23.9. The van der Waals surface area contributed by atoms with Crippen LogP contribution in [0, 0.1) is 5.82 Å². The van der Waals surface area contributed by atoms with Crippen LogP contribution in [0.25, 0.3) is 6.08 Å². The van der Waals surface area contributed by atoms with Gasteiger partial charge in [0.1, 0.15) is 17.3 Å². The summed E-state index contributed by atoms with van der Waals surface area (Å²) in [6.07, 6.45) is 3.15. The summed E-state index contributed by atoms with van der Waals surface area (Å²) in [6.45, 7) is 0. The van der Waals surface area contributed by atoms with E-state index in [-0.39, 0.29) is 11.7 Å². The minimum absolute atomic E-state index is 0.277. The molecule has 5 heteroatoms. The van der Waals surface area contributed by atoms with Gasteiger partial charge in [0.2, 0.25) is 5.91 Å². The molecule has 148 valence electrons. The molecular weight excluding hydrogens is 369 g/mol. The first-order chi connectivity index (χ1) is 14.1. The van der Waals surface area contributed by atoms with Gasteiger partial charge in [0, 0.05) is 11.6 Å². The van der Waals surface area contributed by atoms with Gasteiger partial charge in [-0.3, -0.25) is 4.79 Å². The molecule has 0 bridgehead atoms. The highest BCUT2D eigenvalue weighted by molar-refractivity contribution is 5.92. The number of halogens is 1. The standard InChI is InChI=1S/C24H22FNO3/c1-28-21-14-9-19(10-15-21)24(18-7-12-20(25)13-8-18)26-23(27)16-11-17-5-3-4-6-22(17)29-2/h3-16,24H,1-2H3,(H,26,27)/b16-11+. The van der Waals surface area contributed by atoms with E-state index in [0.717, 1.165) is 16.7 Å². The number of carbonyl (C=O) groups excluding carboxylic acids is 1. The van der Waals surface area contributed by atoms with Gasteiger partial charge in [-0.2, -0.15) is 0 Å². The fraction of sp³-hybridized carbons (Fsp3) is 0.125. The van der Waals surface area contributed by atoms with Crippen molar-refractivity contribution in [3.63, 3.8) is 0 Å². The molecule has 0 aliphatic rings. The van der Waals surface area contributed by atoms with Gasteiger partial charge in [0.25, 0.3) is 0 Å². The van der Waals surface area contributed by atoms with E-state index in [9.17, 15) is 9.18 Å². The number of methoxy groups -OCH3 is 2. The van der Waals surface area contributed by atoms with Crippen molar-refractivity contribution in [1.29, 1.82) is 0 Å². The Morgan fingerprint density at radius 1 is 0.897 bits per heavy atom. The van der Waals surface area contributed by atoms with Gasteiger partial charge in [0.15, 0.2) is 0 Å². The third kappa shape index (κ3) is 5.23. The van der Waals surface area contributed by atoms with Gasteiger partial charge >= 0.3 is 0 Å². The molecule has 0 aromatic heterocycles. The Labute approximate surface area is 169 Å². The molecule has 0 radical (unpaired) electrons. The van der Waals surface area contributed by atoms with Crippen LogP contribution >= 0.6 is 0 Å². The Morgan fingerprint density at radius 2 is 1.52 bits per heavy atom. The molecule has 3 aromatic carbocycles. The van der Waals surface area contributed by atoms with Crippen LogP contribution in [0.2, 0.25) is 0 Å². The molecule has 4 nitrogen and oxygen atoms in total. The number of ether oxygens (including phenoxy) is 2. The predicted octanol–water partition coefficient (Wildman–Crippen LogP) is 4.76. The topological polar surface area (TPSA) is 47.6 Å². The average Bonchev–Trinajstić information content (AvgIpc) is 2.77. The zero-order valence-corrected chi connectivity index (χ0v) is 16.3. The van der Waals surface area contributed by atoms with Gasteiger partial charge in [-0.05, 0) is 47.5 Å². The second-order valence-electron chi connectivity index (χ2n) is 6.34. The molecule has 0 saturated carbocycles. The van der Waals surface area contributed by atoms with Crippen LogP contribution in [0.15, 0.2) is 78.9 Å². The molecule has 0 saturated heterocycles. The van der Waals surface area contributed by atoms with Crippen molar-refractivity contribution in [1.82, 2.24) is 5.32 Å². The quantitative estimate of drug-likeness (QED) is 0.591. The molecule has 29 heavy (non-hydrogen) atoms. The van der Waals surface area contributed by atoms with Crippen LogP contribution in [-0.4, -0.2) is 20.1 Å². The van der Waals surface area contributed by atoms with Crippen molar-refractivity contribution in [3.05, 3.63) is 101 Å². The monoisotopic (exact) mass is 391 g/mol. The summed E-state index contributed by atoms with van der Waals surface area (Å²) in [5.41, 5.74) is 2.43. The summed E-state index contributed by atoms with van der Waals surface area (Å²) >= 11 is 0. The number of nitrogens with one attached hydrogen (secondary N) is 1. The van der Waals surface area contributed by atoms with Crippen LogP contribution < -0.4 is 14.8 Å². The smallest absolute Gasteiger partial charge is 0.244 e. The van der Waals surface area contributed by atoms with Gasteiger partial charge in [0.05, 0.1) is 20.3 Å². The molecule has 3 rings (SSSR count). The normalized spacial score (nSPS) is 11.8. The van der Waals surface area contributed by atoms with E-state index >= 15 is 0 Å². The highest BCUT2D eigenvalue weighted by Crippen LogP contribution is 2.25. The number of hydrogen-bond acceptors (Lipinski definition) is 3. The Bertz CT molecular complexity index is 982. The van der Waals surface area contributed by atoms with E-state index in [1.165, 1.54) is 18.2 Å². The first-order valence-electron chi connectivity index (χ1n) is 9.11. The number of benzene rings is 3. The Balaban J connectivity index is 1.84. The summed E-state index contributed by atoms with van der Waals surface area (Å²) in [4.78, 5) is 12.6. The number of hydrogen-bond donors (Lipinski definition) is 1. The molecule has 1 amide bonds. The lowest BCUT2D eigenvalue weighted by atomic mass is 9.98. The van der Waals surface area contributed by atoms with Crippen LogP contribution in [0.5, 0.6) is 11.5 Å². The predicted molar refractivity (Wildman–Crippen MR) is 111 cm³/mol. The first-order valence-corrected chi connectivity index (χ1v) is 9.11. The molecule has 0 fully saturated rings. The molecule has 0 aliphatic heterocycles. The summed E-state index contributed by atoms with van der Waals surface area (Å²) in [5.74, 6) is 0.793. The maximum absolute atomic E-state index is 13.4. The van der Waals surface area contributed by atoms with E-state index in [1.54, 1.807) is 32.4 Å². The minimum atomic E-state index is -0.434. The molecular formula is C24H22FNO3. The molecule has 0 heterocycles. The van der Waals surface area contributed by atoms with E-state index in [1.807, 2.05) is 48.5 Å². The molecule has 1 unspecified atom stereocenters. The lowest BCUT2D eigenvalue weighted by Crippen LogP contribution is -2.27. The SMILES string of the molecule is COc1ccc(C(NC(=O)/C=C/c2ccccc2OC)c2ccc(F)cc2)cc1. The van der Waals surface area contributed by atoms with Crippen LogP contribution in [0.4, 0.5) is 4.39 Å². The highest BCUT2D eigenvalue weighted by atomic mass is 19.1. The summed E-state index contributed by atoms with van der Waals surface area (Å²) in [7, 11) is 3.18. The Kier molecular flexibility index (Phi) is 6.63. The lowest BCUT2D eigenvalue weighted by molar-refractivity contribution is -0.116. The fourth-order valence-corrected chi connectivity index (χ4v) is 2.97. The first kappa shape index (κ1) is 20.1. The zero-order valence-electron chi connectivity index (χ0n) is 16.3. The summed E-state index contributed by atoms with van der Waals surface area (Å²) in [6, 6.07) is 20.5. The number of para-hydroxylation sites is 1. The second kappa shape index (κ2) is 9.55. The minimum Gasteiger partial charge on any atom is -0.497 e. The molecule has 1 atom stereocenters. The van der Waals surface area contributed by atoms with Crippen molar-refractivity contribution < 1.29 is 18.7 Å². The van der Waals surface area contributed by atoms with E-state index < -0.39 is 6.04 Å². The third-order valence-corrected chi connectivity index (χ3v) is 4.49. The Hall–Kier alpha value is -3.60. The zero-order chi connectivity index (χ0) is 20.6. The average molecular weight is 391 g/mol. The molecule has 0 spiro atoms. The van der Waals surface area contributed by atoms with Gasteiger partial charge in [-0.25, -0.2) is 4.39 Å². The van der Waals surface area contributed by atoms with Crippen molar-refractivity contribution in [2.45, 2.75) is 6.04 Å². The highest BCUT2D eigenvalue weighted by Gasteiger charge is 2.16. The van der Waals surface area contributed by atoms with Crippen molar-refractivity contribution in [3.8, 4) is 11.5 Å². The number of carbonyl (C=O) groups is 1. The maximum atomic E-state index is 13.4. The van der Waals surface area contributed by atoms with Crippen molar-refractivity contribution >= 4 is 12.0 Å². The largest absolute Gasteiger partial charge is 0.497 e. The van der Waals surface area contributed by atoms with Crippen LogP contribution in [-0.2, 0) is 4.79 Å². The molecule has 0 aliphatic carbocycles. The second-order valence-corrected chi connectivity index (χ2v) is 6.34. The van der Waals surface area contributed by atoms with Crippen LogP contribution in [0.3, 0.4) is 0 Å². The maximum Gasteiger partial charge on any atom is 0.244 e. The molecule has 3 aromatic rings.